The average Bonchev–Trinajstić information content (AvgIpc) is 2.66. The second-order valence-corrected chi connectivity index (χ2v) is 4.72. The van der Waals surface area contributed by atoms with Crippen molar-refractivity contribution in [1.82, 2.24) is 10.6 Å². The van der Waals surface area contributed by atoms with Crippen LogP contribution in [0, 0.1) is 0 Å². The maximum atomic E-state index is 11.5. The fourth-order valence-corrected chi connectivity index (χ4v) is 1.61. The van der Waals surface area contributed by atoms with E-state index in [-0.39, 0.29) is 11.9 Å². The molecule has 0 bridgehead atoms. The molecule has 1 amide bonds. The second-order valence-electron chi connectivity index (χ2n) is 3.44. The van der Waals surface area contributed by atoms with E-state index in [1.807, 2.05) is 0 Å². The number of thioether (sulfide) groups is 1. The first kappa shape index (κ1) is 10.9. The Balaban J connectivity index is 2.16. The highest BCUT2D eigenvalue weighted by Crippen LogP contribution is 2.06. The van der Waals surface area contributed by atoms with E-state index in [1.165, 1.54) is 0 Å². The van der Waals surface area contributed by atoms with Gasteiger partial charge in [0.1, 0.15) is 0 Å². The van der Waals surface area contributed by atoms with Crippen LogP contribution in [0.1, 0.15) is 19.8 Å². The van der Waals surface area contributed by atoms with Gasteiger partial charge in [0, 0.05) is 11.8 Å². The largest absolute Gasteiger partial charge is 0.354 e. The molecule has 2 atom stereocenters. The van der Waals surface area contributed by atoms with E-state index in [0.717, 1.165) is 25.9 Å². The predicted molar refractivity (Wildman–Crippen MR) is 57.0 cm³/mol. The number of carbonyl (C=O) groups excluding carboxylic acids is 1. The van der Waals surface area contributed by atoms with E-state index < -0.39 is 0 Å². The number of amides is 1. The van der Waals surface area contributed by atoms with Gasteiger partial charge in [0.15, 0.2) is 0 Å². The van der Waals surface area contributed by atoms with Crippen molar-refractivity contribution in [3.63, 3.8) is 0 Å². The van der Waals surface area contributed by atoms with Gasteiger partial charge in [0.2, 0.25) is 5.91 Å². The standard InChI is InChI=1S/C9H18N2OS/c1-7(13-2)6-11-9(12)8-4-3-5-10-8/h7-8,10H,3-6H2,1-2H3,(H,11,12)/t7?,8-/m1/s1. The average molecular weight is 202 g/mol. The maximum Gasteiger partial charge on any atom is 0.237 e. The predicted octanol–water partition coefficient (Wildman–Crippen LogP) is 0.606. The number of hydrogen-bond acceptors (Lipinski definition) is 3. The van der Waals surface area contributed by atoms with Crippen LogP contribution in [-0.2, 0) is 4.79 Å². The molecule has 0 saturated carbocycles. The summed E-state index contributed by atoms with van der Waals surface area (Å²) in [5.41, 5.74) is 0. The van der Waals surface area contributed by atoms with Gasteiger partial charge in [-0.2, -0.15) is 11.8 Å². The van der Waals surface area contributed by atoms with Crippen LogP contribution in [0.3, 0.4) is 0 Å². The quantitative estimate of drug-likeness (QED) is 0.701. The van der Waals surface area contributed by atoms with Gasteiger partial charge in [-0.25, -0.2) is 0 Å². The first-order chi connectivity index (χ1) is 6.24. The van der Waals surface area contributed by atoms with E-state index in [4.69, 9.17) is 0 Å². The van der Waals surface area contributed by atoms with Crippen molar-refractivity contribution in [2.24, 2.45) is 0 Å². The minimum atomic E-state index is 0.0639. The minimum absolute atomic E-state index is 0.0639. The summed E-state index contributed by atoms with van der Waals surface area (Å²) in [6.07, 6.45) is 4.17. The third-order valence-corrected chi connectivity index (χ3v) is 3.31. The van der Waals surface area contributed by atoms with Crippen LogP contribution in [0.25, 0.3) is 0 Å². The molecule has 0 aliphatic carbocycles. The molecule has 0 aromatic carbocycles. The van der Waals surface area contributed by atoms with Crippen LogP contribution in [0.5, 0.6) is 0 Å². The summed E-state index contributed by atoms with van der Waals surface area (Å²) in [5, 5.41) is 6.64. The molecule has 0 radical (unpaired) electrons. The zero-order valence-corrected chi connectivity index (χ0v) is 9.12. The molecule has 1 saturated heterocycles. The van der Waals surface area contributed by atoms with Gasteiger partial charge >= 0.3 is 0 Å². The fourth-order valence-electron chi connectivity index (χ4n) is 1.36. The maximum absolute atomic E-state index is 11.5. The molecule has 1 fully saturated rings. The summed E-state index contributed by atoms with van der Waals surface area (Å²) in [7, 11) is 0. The SMILES string of the molecule is CSC(C)CNC(=O)[C@H]1CCCN1. The number of nitrogens with one attached hydrogen (secondary N) is 2. The number of rotatable bonds is 4. The molecule has 1 aliphatic rings. The zero-order valence-electron chi connectivity index (χ0n) is 8.30. The summed E-state index contributed by atoms with van der Waals surface area (Å²) in [5.74, 6) is 0.165. The lowest BCUT2D eigenvalue weighted by atomic mass is 10.2. The molecule has 0 aromatic rings. The van der Waals surface area contributed by atoms with Crippen LogP contribution in [0.4, 0.5) is 0 Å². The Kier molecular flexibility index (Phi) is 4.59. The highest BCUT2D eigenvalue weighted by Gasteiger charge is 2.21. The normalized spacial score (nSPS) is 24.3. The molecule has 1 rings (SSSR count). The highest BCUT2D eigenvalue weighted by molar-refractivity contribution is 7.99. The molecule has 2 N–H and O–H groups in total. The summed E-state index contributed by atoms with van der Waals surface area (Å²) >= 11 is 1.77. The molecule has 4 heteroatoms. The molecular weight excluding hydrogens is 184 g/mol. The Labute approximate surface area is 84.0 Å². The van der Waals surface area contributed by atoms with Gasteiger partial charge in [0.25, 0.3) is 0 Å². The lowest BCUT2D eigenvalue weighted by Gasteiger charge is -2.13. The fraction of sp³-hybridized carbons (Fsp3) is 0.889. The van der Waals surface area contributed by atoms with E-state index >= 15 is 0 Å². The number of carbonyl (C=O) groups is 1. The van der Waals surface area contributed by atoms with Crippen molar-refractivity contribution in [2.45, 2.75) is 31.1 Å². The van der Waals surface area contributed by atoms with Crippen molar-refractivity contribution in [2.75, 3.05) is 19.3 Å². The van der Waals surface area contributed by atoms with Gasteiger partial charge < -0.3 is 10.6 Å². The molecule has 0 spiro atoms. The topological polar surface area (TPSA) is 41.1 Å². The van der Waals surface area contributed by atoms with Gasteiger partial charge in [-0.05, 0) is 25.6 Å². The van der Waals surface area contributed by atoms with Crippen molar-refractivity contribution in [1.29, 1.82) is 0 Å². The van der Waals surface area contributed by atoms with Crippen LogP contribution in [0.15, 0.2) is 0 Å². The zero-order chi connectivity index (χ0) is 9.68. The van der Waals surface area contributed by atoms with Crippen molar-refractivity contribution in [3.8, 4) is 0 Å². The summed E-state index contributed by atoms with van der Waals surface area (Å²) in [6.45, 7) is 3.88. The smallest absolute Gasteiger partial charge is 0.237 e. The van der Waals surface area contributed by atoms with Gasteiger partial charge in [-0.3, -0.25) is 4.79 Å². The highest BCUT2D eigenvalue weighted by atomic mass is 32.2. The van der Waals surface area contributed by atoms with Crippen LogP contribution in [-0.4, -0.2) is 36.5 Å². The Bertz CT molecular complexity index is 169. The van der Waals surface area contributed by atoms with Crippen molar-refractivity contribution < 1.29 is 4.79 Å². The second kappa shape index (κ2) is 5.50. The molecule has 1 unspecified atom stereocenters. The molecule has 13 heavy (non-hydrogen) atoms. The molecule has 76 valence electrons. The monoisotopic (exact) mass is 202 g/mol. The van der Waals surface area contributed by atoms with Gasteiger partial charge in [0.05, 0.1) is 6.04 Å². The van der Waals surface area contributed by atoms with E-state index in [2.05, 4.69) is 23.8 Å². The van der Waals surface area contributed by atoms with E-state index in [0.29, 0.717) is 5.25 Å². The van der Waals surface area contributed by atoms with Crippen LogP contribution >= 0.6 is 11.8 Å². The number of hydrogen-bond donors (Lipinski definition) is 2. The summed E-state index contributed by atoms with van der Waals surface area (Å²) < 4.78 is 0. The molecule has 1 heterocycles. The Morgan fingerprint density at radius 1 is 1.77 bits per heavy atom. The van der Waals surface area contributed by atoms with Gasteiger partial charge in [-0.15, -0.1) is 0 Å². The first-order valence-electron chi connectivity index (χ1n) is 4.78. The van der Waals surface area contributed by atoms with Crippen molar-refractivity contribution in [3.05, 3.63) is 0 Å². The Morgan fingerprint density at radius 2 is 2.54 bits per heavy atom. The Morgan fingerprint density at radius 3 is 3.08 bits per heavy atom. The lowest BCUT2D eigenvalue weighted by Crippen LogP contribution is -2.42. The third kappa shape index (κ3) is 3.56. The first-order valence-corrected chi connectivity index (χ1v) is 6.06. The Hall–Kier alpha value is -0.220. The van der Waals surface area contributed by atoms with E-state index in [9.17, 15) is 4.79 Å². The van der Waals surface area contributed by atoms with Crippen LogP contribution in [0.2, 0.25) is 0 Å². The molecule has 0 aromatic heterocycles. The molecule has 1 aliphatic heterocycles. The molecule has 3 nitrogen and oxygen atoms in total. The summed E-state index contributed by atoms with van der Waals surface area (Å²) in [4.78, 5) is 11.5. The van der Waals surface area contributed by atoms with Crippen LogP contribution < -0.4 is 10.6 Å². The minimum Gasteiger partial charge on any atom is -0.354 e. The van der Waals surface area contributed by atoms with Crippen molar-refractivity contribution >= 4 is 17.7 Å². The summed E-state index contributed by atoms with van der Waals surface area (Å²) in [6, 6.07) is 0.0639. The third-order valence-electron chi connectivity index (χ3n) is 2.34. The lowest BCUT2D eigenvalue weighted by molar-refractivity contribution is -0.122. The van der Waals surface area contributed by atoms with E-state index in [1.54, 1.807) is 11.8 Å². The molecular formula is C9H18N2OS. The van der Waals surface area contributed by atoms with Gasteiger partial charge in [-0.1, -0.05) is 6.92 Å².